The van der Waals surface area contributed by atoms with Crippen LogP contribution in [0.2, 0.25) is 15.1 Å². The van der Waals surface area contributed by atoms with Crippen molar-refractivity contribution in [2.75, 3.05) is 5.73 Å². The normalized spacial score (nSPS) is 10.7. The lowest BCUT2D eigenvalue weighted by Crippen LogP contribution is -1.99. The highest BCUT2D eigenvalue weighted by Crippen LogP contribution is 2.39. The number of benzene rings is 1. The molecule has 1 aromatic carbocycles. The third-order valence-corrected chi connectivity index (χ3v) is 3.83. The number of hydrogen-bond acceptors (Lipinski definition) is 3. The van der Waals surface area contributed by atoms with Gasteiger partial charge < -0.3 is 10.8 Å². The molecule has 0 bridgehead atoms. The monoisotopic (exact) mass is 302 g/mol. The molecule has 0 unspecified atom stereocenters. The van der Waals surface area contributed by atoms with E-state index >= 15 is 0 Å². The van der Waals surface area contributed by atoms with Crippen molar-refractivity contribution in [1.29, 1.82) is 0 Å². The fourth-order valence-electron chi connectivity index (χ4n) is 1.57. The summed E-state index contributed by atoms with van der Waals surface area (Å²) >= 11 is 18.0. The summed E-state index contributed by atoms with van der Waals surface area (Å²) < 4.78 is 0. The van der Waals surface area contributed by atoms with Gasteiger partial charge in [-0.25, -0.2) is 0 Å². The molecule has 0 aliphatic rings. The minimum absolute atomic E-state index is 0.166. The van der Waals surface area contributed by atoms with Crippen LogP contribution in [0.3, 0.4) is 0 Å². The van der Waals surface area contributed by atoms with Gasteiger partial charge in [0.05, 0.1) is 33.1 Å². The summed E-state index contributed by atoms with van der Waals surface area (Å²) in [7, 11) is 0. The van der Waals surface area contributed by atoms with Gasteiger partial charge in [-0.15, -0.1) is 0 Å². The predicted octanol–water partition coefficient (Wildman–Crippen LogP) is 3.78. The lowest BCUT2D eigenvalue weighted by Gasteiger charge is -2.11. The number of aliphatic hydroxyl groups is 1. The van der Waals surface area contributed by atoms with Gasteiger partial charge in [-0.1, -0.05) is 34.8 Å². The van der Waals surface area contributed by atoms with E-state index < -0.39 is 0 Å². The SMILES string of the molecule is Nc1c(CO)ccnc1-c1ccc(Cl)c(Cl)c1Cl. The van der Waals surface area contributed by atoms with Crippen LogP contribution >= 0.6 is 34.8 Å². The summed E-state index contributed by atoms with van der Waals surface area (Å²) in [5, 5.41) is 10.1. The zero-order chi connectivity index (χ0) is 13.3. The first-order valence-electron chi connectivity index (χ1n) is 5.04. The molecular formula is C12H9Cl3N2O. The fourth-order valence-corrected chi connectivity index (χ4v) is 2.20. The highest BCUT2D eigenvalue weighted by molar-refractivity contribution is 6.49. The van der Waals surface area contributed by atoms with E-state index in [1.807, 2.05) is 0 Å². The summed E-state index contributed by atoms with van der Waals surface area (Å²) in [5.41, 5.74) is 7.95. The Labute approximate surface area is 119 Å². The minimum atomic E-state index is -0.166. The van der Waals surface area contributed by atoms with E-state index in [2.05, 4.69) is 4.98 Å². The largest absolute Gasteiger partial charge is 0.397 e. The zero-order valence-electron chi connectivity index (χ0n) is 9.12. The number of nitrogen functional groups attached to an aromatic ring is 1. The molecule has 2 aromatic rings. The first-order valence-corrected chi connectivity index (χ1v) is 6.17. The van der Waals surface area contributed by atoms with Gasteiger partial charge in [0, 0.05) is 17.3 Å². The number of halogens is 3. The molecule has 0 fully saturated rings. The maximum Gasteiger partial charge on any atom is 0.0950 e. The molecule has 6 heteroatoms. The van der Waals surface area contributed by atoms with Crippen molar-refractivity contribution in [3.05, 3.63) is 45.0 Å². The van der Waals surface area contributed by atoms with Crippen LogP contribution in [0, 0.1) is 0 Å². The molecule has 1 aromatic heterocycles. The number of rotatable bonds is 2. The van der Waals surface area contributed by atoms with Crippen molar-refractivity contribution >= 4 is 40.5 Å². The van der Waals surface area contributed by atoms with Crippen LogP contribution in [0.15, 0.2) is 24.4 Å². The van der Waals surface area contributed by atoms with Gasteiger partial charge in [0.15, 0.2) is 0 Å². The van der Waals surface area contributed by atoms with E-state index in [0.29, 0.717) is 32.6 Å². The van der Waals surface area contributed by atoms with E-state index in [9.17, 15) is 0 Å². The summed E-state index contributed by atoms with van der Waals surface area (Å²) in [4.78, 5) is 4.17. The molecular weight excluding hydrogens is 295 g/mol. The van der Waals surface area contributed by atoms with Crippen LogP contribution in [0.5, 0.6) is 0 Å². The number of hydrogen-bond donors (Lipinski definition) is 2. The molecule has 18 heavy (non-hydrogen) atoms. The summed E-state index contributed by atoms with van der Waals surface area (Å²) in [6, 6.07) is 4.96. The number of nitrogens with zero attached hydrogens (tertiary/aromatic N) is 1. The molecule has 94 valence electrons. The van der Waals surface area contributed by atoms with E-state index in [4.69, 9.17) is 45.6 Å². The van der Waals surface area contributed by atoms with Crippen LogP contribution in [0.25, 0.3) is 11.3 Å². The maximum atomic E-state index is 9.17. The average Bonchev–Trinajstić information content (AvgIpc) is 2.37. The van der Waals surface area contributed by atoms with Crippen molar-refractivity contribution < 1.29 is 5.11 Å². The van der Waals surface area contributed by atoms with Crippen LogP contribution in [-0.4, -0.2) is 10.1 Å². The van der Waals surface area contributed by atoms with Crippen molar-refractivity contribution in [2.45, 2.75) is 6.61 Å². The summed E-state index contributed by atoms with van der Waals surface area (Å²) in [6.45, 7) is -0.166. The smallest absolute Gasteiger partial charge is 0.0950 e. The number of aromatic nitrogens is 1. The number of nitrogens with two attached hydrogens (primary N) is 1. The Hall–Kier alpha value is -1.000. The van der Waals surface area contributed by atoms with Gasteiger partial charge in [-0.2, -0.15) is 0 Å². The lowest BCUT2D eigenvalue weighted by atomic mass is 10.1. The fraction of sp³-hybridized carbons (Fsp3) is 0.0833. The van der Waals surface area contributed by atoms with E-state index in [1.54, 1.807) is 24.4 Å². The molecule has 2 rings (SSSR count). The Bertz CT molecular complexity index is 602. The van der Waals surface area contributed by atoms with Crippen LogP contribution < -0.4 is 5.73 Å². The standard InChI is InChI=1S/C12H9Cl3N2O/c13-8-2-1-7(9(14)10(8)15)12-11(16)6(5-18)3-4-17-12/h1-4,18H,5,16H2. The maximum absolute atomic E-state index is 9.17. The highest BCUT2D eigenvalue weighted by atomic mass is 35.5. The van der Waals surface area contributed by atoms with Crippen molar-refractivity contribution in [3.8, 4) is 11.3 Å². The molecule has 0 aliphatic heterocycles. The molecule has 0 atom stereocenters. The first-order chi connectivity index (χ1) is 8.56. The second-order valence-electron chi connectivity index (χ2n) is 3.61. The average molecular weight is 304 g/mol. The van der Waals surface area contributed by atoms with Gasteiger partial charge in [0.1, 0.15) is 0 Å². The molecule has 0 saturated carbocycles. The number of aliphatic hydroxyl groups excluding tert-OH is 1. The minimum Gasteiger partial charge on any atom is -0.397 e. The van der Waals surface area contributed by atoms with Crippen molar-refractivity contribution in [2.24, 2.45) is 0 Å². The summed E-state index contributed by atoms with van der Waals surface area (Å²) in [5.74, 6) is 0. The van der Waals surface area contributed by atoms with E-state index in [0.717, 1.165) is 0 Å². The van der Waals surface area contributed by atoms with Gasteiger partial charge in [0.25, 0.3) is 0 Å². The van der Waals surface area contributed by atoms with Gasteiger partial charge >= 0.3 is 0 Å². The van der Waals surface area contributed by atoms with Crippen LogP contribution in [0.4, 0.5) is 5.69 Å². The Morgan fingerprint density at radius 2 is 1.83 bits per heavy atom. The third-order valence-electron chi connectivity index (χ3n) is 2.54. The van der Waals surface area contributed by atoms with Gasteiger partial charge in [-0.3, -0.25) is 4.98 Å². The molecule has 0 radical (unpaired) electrons. The quantitative estimate of drug-likeness (QED) is 0.830. The Balaban J connectivity index is 2.66. The topological polar surface area (TPSA) is 59.1 Å². The van der Waals surface area contributed by atoms with Crippen molar-refractivity contribution in [3.63, 3.8) is 0 Å². The van der Waals surface area contributed by atoms with Crippen LogP contribution in [-0.2, 0) is 6.61 Å². The predicted molar refractivity (Wildman–Crippen MR) is 75.0 cm³/mol. The van der Waals surface area contributed by atoms with Gasteiger partial charge in [0.2, 0.25) is 0 Å². The zero-order valence-corrected chi connectivity index (χ0v) is 11.4. The molecule has 0 spiro atoms. The molecule has 0 amide bonds. The Morgan fingerprint density at radius 3 is 2.50 bits per heavy atom. The Kier molecular flexibility index (Phi) is 3.97. The van der Waals surface area contributed by atoms with Gasteiger partial charge in [-0.05, 0) is 18.2 Å². The molecule has 1 heterocycles. The molecule has 0 saturated heterocycles. The van der Waals surface area contributed by atoms with Crippen LogP contribution in [0.1, 0.15) is 5.56 Å². The molecule has 3 nitrogen and oxygen atoms in total. The second-order valence-corrected chi connectivity index (χ2v) is 4.78. The lowest BCUT2D eigenvalue weighted by molar-refractivity contribution is 0.282. The van der Waals surface area contributed by atoms with E-state index in [-0.39, 0.29) is 11.6 Å². The molecule has 0 aliphatic carbocycles. The number of pyridine rings is 1. The number of anilines is 1. The summed E-state index contributed by atoms with van der Waals surface area (Å²) in [6.07, 6.45) is 1.55. The molecule has 3 N–H and O–H groups in total. The van der Waals surface area contributed by atoms with E-state index in [1.165, 1.54) is 0 Å². The third kappa shape index (κ3) is 2.27. The second kappa shape index (κ2) is 5.33. The highest BCUT2D eigenvalue weighted by Gasteiger charge is 2.15. The first kappa shape index (κ1) is 13.4. The Morgan fingerprint density at radius 1 is 1.11 bits per heavy atom. The van der Waals surface area contributed by atoms with Crippen molar-refractivity contribution in [1.82, 2.24) is 4.98 Å².